The lowest BCUT2D eigenvalue weighted by atomic mass is 10.3. The number of sulfonamides is 1. The van der Waals surface area contributed by atoms with Gasteiger partial charge < -0.3 is 0 Å². The minimum Gasteiger partial charge on any atom is -0.235 e. The summed E-state index contributed by atoms with van der Waals surface area (Å²) in [6.45, 7) is 2.99. The Morgan fingerprint density at radius 3 is 2.20 bits per heavy atom. The van der Waals surface area contributed by atoms with Gasteiger partial charge in [0.15, 0.2) is 5.82 Å². The molecule has 0 aliphatic carbocycles. The molecule has 0 saturated carbocycles. The van der Waals surface area contributed by atoms with Crippen molar-refractivity contribution in [3.63, 3.8) is 0 Å². The van der Waals surface area contributed by atoms with Crippen LogP contribution in [-0.4, -0.2) is 18.4 Å². The van der Waals surface area contributed by atoms with E-state index < -0.39 is 10.0 Å². The highest BCUT2D eigenvalue weighted by molar-refractivity contribution is 7.93. The molecule has 0 radical (unpaired) electrons. The lowest BCUT2D eigenvalue weighted by molar-refractivity contribution is 0.603. The molecule has 0 amide bonds. The first-order chi connectivity index (χ1) is 6.82. The van der Waals surface area contributed by atoms with Crippen LogP contribution in [0.4, 0.5) is 0 Å². The minimum atomic E-state index is -3.69. The zero-order chi connectivity index (χ0) is 11.6. The van der Waals surface area contributed by atoms with Crippen molar-refractivity contribution in [2.24, 2.45) is 5.14 Å². The molecule has 0 aliphatic rings. The van der Waals surface area contributed by atoms with E-state index in [4.69, 9.17) is 16.7 Å². The molecule has 0 fully saturated rings. The monoisotopic (exact) mass is 247 g/mol. The molecule has 0 bridgehead atoms. The van der Waals surface area contributed by atoms with E-state index >= 15 is 0 Å². The van der Waals surface area contributed by atoms with E-state index in [9.17, 15) is 8.42 Å². The first kappa shape index (κ1) is 12.1. The second kappa shape index (κ2) is 4.26. The predicted molar refractivity (Wildman–Crippen MR) is 58.4 cm³/mol. The highest BCUT2D eigenvalue weighted by Crippen LogP contribution is 2.17. The standard InChI is InChI=1S/C8H10ClN3O2S/c1-5(6(2)15(10,13)14)8-11-3-7(9)4-12-8/h3-4H,1-2H3,(H2,10,13,14)/b6-5+. The van der Waals surface area contributed by atoms with Gasteiger partial charge in [-0.25, -0.2) is 23.5 Å². The van der Waals surface area contributed by atoms with E-state index in [-0.39, 0.29) is 4.91 Å². The van der Waals surface area contributed by atoms with Crippen molar-refractivity contribution in [3.8, 4) is 0 Å². The van der Waals surface area contributed by atoms with Crippen LogP contribution in [0.5, 0.6) is 0 Å². The van der Waals surface area contributed by atoms with Crippen molar-refractivity contribution in [1.29, 1.82) is 0 Å². The molecule has 0 saturated heterocycles. The Balaban J connectivity index is 3.25. The summed E-state index contributed by atoms with van der Waals surface area (Å²) in [5, 5.41) is 5.37. The van der Waals surface area contributed by atoms with E-state index in [0.717, 1.165) is 0 Å². The number of allylic oxidation sites excluding steroid dienone is 2. The van der Waals surface area contributed by atoms with Gasteiger partial charge in [0, 0.05) is 18.0 Å². The molecule has 1 heterocycles. The van der Waals surface area contributed by atoms with Crippen molar-refractivity contribution < 1.29 is 8.42 Å². The van der Waals surface area contributed by atoms with Gasteiger partial charge in [-0.05, 0) is 13.8 Å². The molecule has 5 nitrogen and oxygen atoms in total. The third-order valence-corrected chi connectivity index (χ3v) is 3.27. The second-order valence-electron chi connectivity index (χ2n) is 2.95. The summed E-state index contributed by atoms with van der Waals surface area (Å²) in [5.41, 5.74) is 0.411. The Bertz CT molecular complexity index is 493. The number of primary sulfonamides is 1. The maximum absolute atomic E-state index is 11.1. The second-order valence-corrected chi connectivity index (χ2v) is 5.09. The summed E-state index contributed by atoms with van der Waals surface area (Å²) in [6.07, 6.45) is 2.79. The molecule has 1 rings (SSSR count). The molecule has 0 aliphatic heterocycles. The summed E-state index contributed by atoms with van der Waals surface area (Å²) < 4.78 is 22.1. The van der Waals surface area contributed by atoms with Gasteiger partial charge >= 0.3 is 0 Å². The Morgan fingerprint density at radius 1 is 1.33 bits per heavy atom. The minimum absolute atomic E-state index is 0.0461. The van der Waals surface area contributed by atoms with E-state index in [0.29, 0.717) is 16.4 Å². The van der Waals surface area contributed by atoms with Crippen molar-refractivity contribution in [2.75, 3.05) is 0 Å². The summed E-state index contributed by atoms with van der Waals surface area (Å²) in [5.74, 6) is 0.297. The van der Waals surface area contributed by atoms with E-state index in [1.807, 2.05) is 0 Å². The summed E-state index contributed by atoms with van der Waals surface area (Å²) in [6, 6.07) is 0. The number of halogens is 1. The van der Waals surface area contributed by atoms with Gasteiger partial charge in [-0.2, -0.15) is 0 Å². The Morgan fingerprint density at radius 2 is 1.80 bits per heavy atom. The Labute approximate surface area is 93.0 Å². The highest BCUT2D eigenvalue weighted by Gasteiger charge is 2.12. The zero-order valence-electron chi connectivity index (χ0n) is 8.23. The first-order valence-corrected chi connectivity index (χ1v) is 5.93. The molecule has 0 unspecified atom stereocenters. The maximum atomic E-state index is 11.1. The number of aromatic nitrogens is 2. The largest absolute Gasteiger partial charge is 0.235 e. The van der Waals surface area contributed by atoms with Crippen molar-refractivity contribution in [1.82, 2.24) is 9.97 Å². The Hall–Kier alpha value is -0.980. The summed E-state index contributed by atoms with van der Waals surface area (Å²) in [7, 11) is -3.69. The molecular formula is C8H10ClN3O2S. The van der Waals surface area contributed by atoms with Crippen LogP contribution < -0.4 is 5.14 Å². The average molecular weight is 248 g/mol. The van der Waals surface area contributed by atoms with Gasteiger partial charge in [-0.15, -0.1) is 0 Å². The SMILES string of the molecule is C/C(=C(/C)S(N)(=O)=O)c1ncc(Cl)cn1. The van der Waals surface area contributed by atoms with Gasteiger partial charge in [0.2, 0.25) is 10.0 Å². The fraction of sp³-hybridized carbons (Fsp3) is 0.250. The van der Waals surface area contributed by atoms with Crippen LogP contribution in [0.1, 0.15) is 19.7 Å². The number of rotatable bonds is 2. The van der Waals surface area contributed by atoms with E-state index in [1.165, 1.54) is 19.3 Å². The van der Waals surface area contributed by atoms with Crippen molar-refractivity contribution >= 4 is 27.2 Å². The van der Waals surface area contributed by atoms with Crippen LogP contribution in [0.25, 0.3) is 5.57 Å². The van der Waals surface area contributed by atoms with Gasteiger partial charge in [-0.1, -0.05) is 11.6 Å². The van der Waals surface area contributed by atoms with Crippen molar-refractivity contribution in [3.05, 3.63) is 28.1 Å². The molecular weight excluding hydrogens is 238 g/mol. The van der Waals surface area contributed by atoms with E-state index in [2.05, 4.69) is 9.97 Å². The number of hydrogen-bond donors (Lipinski definition) is 1. The number of hydrogen-bond acceptors (Lipinski definition) is 4. The van der Waals surface area contributed by atoms with Gasteiger partial charge in [0.1, 0.15) is 0 Å². The van der Waals surface area contributed by atoms with Crippen LogP contribution in [0.15, 0.2) is 17.3 Å². The molecule has 7 heteroatoms. The van der Waals surface area contributed by atoms with Crippen LogP contribution >= 0.6 is 11.6 Å². The van der Waals surface area contributed by atoms with Crippen LogP contribution in [0.2, 0.25) is 5.02 Å². The van der Waals surface area contributed by atoms with Crippen molar-refractivity contribution in [2.45, 2.75) is 13.8 Å². The molecule has 82 valence electrons. The fourth-order valence-corrected chi connectivity index (χ4v) is 1.49. The molecule has 1 aromatic rings. The lowest BCUT2D eigenvalue weighted by Gasteiger charge is -2.03. The quantitative estimate of drug-likeness (QED) is 0.850. The molecule has 0 spiro atoms. The molecule has 1 aromatic heterocycles. The smallest absolute Gasteiger partial charge is 0.234 e. The zero-order valence-corrected chi connectivity index (χ0v) is 9.80. The molecule has 0 atom stereocenters. The number of nitrogens with zero attached hydrogens (tertiary/aromatic N) is 2. The van der Waals surface area contributed by atoms with Crippen LogP contribution in [0.3, 0.4) is 0 Å². The van der Waals surface area contributed by atoms with Gasteiger partial charge in [0.25, 0.3) is 0 Å². The lowest BCUT2D eigenvalue weighted by Crippen LogP contribution is -2.14. The molecule has 2 N–H and O–H groups in total. The third-order valence-electron chi connectivity index (χ3n) is 1.91. The van der Waals surface area contributed by atoms with Gasteiger partial charge in [-0.3, -0.25) is 0 Å². The van der Waals surface area contributed by atoms with Crippen LogP contribution in [0, 0.1) is 0 Å². The topological polar surface area (TPSA) is 85.9 Å². The third kappa shape index (κ3) is 2.98. The predicted octanol–water partition coefficient (Wildman–Crippen LogP) is 1.17. The molecule has 15 heavy (non-hydrogen) atoms. The fourth-order valence-electron chi connectivity index (χ4n) is 0.877. The molecule has 0 aromatic carbocycles. The summed E-state index contributed by atoms with van der Waals surface area (Å²) >= 11 is 5.60. The van der Waals surface area contributed by atoms with E-state index in [1.54, 1.807) is 6.92 Å². The highest BCUT2D eigenvalue weighted by atomic mass is 35.5. The number of nitrogens with two attached hydrogens (primary N) is 1. The summed E-state index contributed by atoms with van der Waals surface area (Å²) in [4.78, 5) is 7.83. The maximum Gasteiger partial charge on any atom is 0.234 e. The van der Waals surface area contributed by atoms with Crippen LogP contribution in [-0.2, 0) is 10.0 Å². The Kier molecular flexibility index (Phi) is 3.43. The van der Waals surface area contributed by atoms with Gasteiger partial charge in [0.05, 0.1) is 9.93 Å². The average Bonchev–Trinajstić information content (AvgIpc) is 2.15. The first-order valence-electron chi connectivity index (χ1n) is 4.00. The normalized spacial score (nSPS) is 13.6.